The molecule has 0 saturated heterocycles. The molecular formula is C15H13N3O3. The van der Waals surface area contributed by atoms with Crippen molar-refractivity contribution in [3.05, 3.63) is 36.7 Å². The number of hydrogen-bond donors (Lipinski definition) is 2. The van der Waals surface area contributed by atoms with Crippen LogP contribution in [0, 0.1) is 12.3 Å². The maximum Gasteiger partial charge on any atom is 0.323 e. The maximum atomic E-state index is 12.1. The number of nitrogens with zero attached hydrogens (tertiary/aromatic N) is 2. The van der Waals surface area contributed by atoms with E-state index >= 15 is 0 Å². The lowest BCUT2D eigenvalue weighted by atomic mass is 10.1. The molecule has 2 rings (SSSR count). The topological polar surface area (TPSA) is 82.5 Å². The molecule has 0 atom stereocenters. The summed E-state index contributed by atoms with van der Waals surface area (Å²) in [6, 6.07) is 6.66. The molecule has 0 bridgehead atoms. The highest BCUT2D eigenvalue weighted by molar-refractivity contribution is 6.01. The number of carboxylic acids is 1. The van der Waals surface area contributed by atoms with Gasteiger partial charge in [0.05, 0.1) is 12.2 Å². The van der Waals surface area contributed by atoms with Crippen LogP contribution in [0.4, 0.5) is 10.5 Å². The molecule has 0 aliphatic heterocycles. The molecule has 6 heteroatoms. The SMILES string of the molecule is C#CCN(CC(=O)O)C(=O)Nc1cccc2ccncc12. The van der Waals surface area contributed by atoms with Crippen molar-refractivity contribution in [1.82, 2.24) is 9.88 Å². The van der Waals surface area contributed by atoms with Crippen LogP contribution in [0.15, 0.2) is 36.7 Å². The van der Waals surface area contributed by atoms with Crippen molar-refractivity contribution < 1.29 is 14.7 Å². The van der Waals surface area contributed by atoms with Crippen LogP contribution in [-0.2, 0) is 4.79 Å². The summed E-state index contributed by atoms with van der Waals surface area (Å²) in [4.78, 5) is 27.9. The van der Waals surface area contributed by atoms with Crippen molar-refractivity contribution in [2.45, 2.75) is 0 Å². The maximum absolute atomic E-state index is 12.1. The largest absolute Gasteiger partial charge is 0.480 e. The number of terminal acetylenes is 1. The Labute approximate surface area is 121 Å². The molecule has 1 heterocycles. The van der Waals surface area contributed by atoms with Crippen molar-refractivity contribution in [3.63, 3.8) is 0 Å². The first-order valence-corrected chi connectivity index (χ1v) is 6.15. The number of anilines is 1. The lowest BCUT2D eigenvalue weighted by Crippen LogP contribution is -2.39. The quantitative estimate of drug-likeness (QED) is 0.838. The molecule has 2 amide bonds. The smallest absolute Gasteiger partial charge is 0.323 e. The molecule has 0 spiro atoms. The van der Waals surface area contributed by atoms with Gasteiger partial charge >= 0.3 is 12.0 Å². The molecule has 0 radical (unpaired) electrons. The number of benzene rings is 1. The fourth-order valence-corrected chi connectivity index (χ4v) is 1.89. The summed E-state index contributed by atoms with van der Waals surface area (Å²) in [6.07, 6.45) is 8.44. The van der Waals surface area contributed by atoms with E-state index in [2.05, 4.69) is 16.2 Å². The highest BCUT2D eigenvalue weighted by Crippen LogP contribution is 2.22. The van der Waals surface area contributed by atoms with Crippen molar-refractivity contribution in [2.24, 2.45) is 0 Å². The summed E-state index contributed by atoms with van der Waals surface area (Å²) in [5.74, 6) is 1.14. The number of nitrogens with one attached hydrogen (secondary N) is 1. The van der Waals surface area contributed by atoms with Gasteiger partial charge in [0.2, 0.25) is 0 Å². The van der Waals surface area contributed by atoms with Crippen LogP contribution in [0.5, 0.6) is 0 Å². The number of pyridine rings is 1. The average Bonchev–Trinajstić information content (AvgIpc) is 2.47. The predicted molar refractivity (Wildman–Crippen MR) is 78.8 cm³/mol. The van der Waals surface area contributed by atoms with Crippen LogP contribution in [0.1, 0.15) is 0 Å². The number of amides is 2. The Bertz CT molecular complexity index is 716. The van der Waals surface area contributed by atoms with Gasteiger partial charge in [-0.15, -0.1) is 6.42 Å². The monoisotopic (exact) mass is 283 g/mol. The Balaban J connectivity index is 2.24. The van der Waals surface area contributed by atoms with E-state index in [1.807, 2.05) is 12.1 Å². The molecule has 2 N–H and O–H groups in total. The number of rotatable bonds is 4. The molecule has 2 aromatic rings. The molecule has 6 nitrogen and oxygen atoms in total. The van der Waals surface area contributed by atoms with Crippen LogP contribution < -0.4 is 5.32 Å². The fraction of sp³-hybridized carbons (Fsp3) is 0.133. The molecule has 0 saturated carbocycles. The number of aliphatic carboxylic acids is 1. The van der Waals surface area contributed by atoms with Gasteiger partial charge in [-0.2, -0.15) is 0 Å². The molecule has 21 heavy (non-hydrogen) atoms. The van der Waals surface area contributed by atoms with E-state index in [0.717, 1.165) is 15.7 Å². The molecule has 0 aliphatic rings. The Morgan fingerprint density at radius 3 is 2.90 bits per heavy atom. The van der Waals surface area contributed by atoms with Crippen LogP contribution in [0.3, 0.4) is 0 Å². The van der Waals surface area contributed by atoms with E-state index in [-0.39, 0.29) is 6.54 Å². The summed E-state index contributed by atoms with van der Waals surface area (Å²) in [6.45, 7) is -0.541. The number of carbonyl (C=O) groups is 2. The minimum absolute atomic E-state index is 0.0822. The van der Waals surface area contributed by atoms with Crippen LogP contribution >= 0.6 is 0 Å². The van der Waals surface area contributed by atoms with E-state index in [1.165, 1.54) is 0 Å². The van der Waals surface area contributed by atoms with E-state index < -0.39 is 18.5 Å². The highest BCUT2D eigenvalue weighted by Gasteiger charge is 2.16. The summed E-state index contributed by atoms with van der Waals surface area (Å²) in [5, 5.41) is 13.1. The zero-order chi connectivity index (χ0) is 15.2. The fourth-order valence-electron chi connectivity index (χ4n) is 1.89. The van der Waals surface area contributed by atoms with E-state index in [9.17, 15) is 9.59 Å². The van der Waals surface area contributed by atoms with Gasteiger partial charge in [0.25, 0.3) is 0 Å². The van der Waals surface area contributed by atoms with Crippen LogP contribution in [-0.4, -0.2) is 40.1 Å². The Hall–Kier alpha value is -3.07. The van der Waals surface area contributed by atoms with E-state index in [1.54, 1.807) is 24.5 Å². The molecule has 1 aromatic heterocycles. The van der Waals surface area contributed by atoms with Crippen LogP contribution in [0.2, 0.25) is 0 Å². The molecular weight excluding hydrogens is 270 g/mol. The van der Waals surface area contributed by atoms with Gasteiger partial charge in [-0.3, -0.25) is 9.78 Å². The minimum Gasteiger partial charge on any atom is -0.480 e. The summed E-state index contributed by atoms with van der Waals surface area (Å²) >= 11 is 0. The normalized spacial score (nSPS) is 9.86. The molecule has 0 fully saturated rings. The van der Waals surface area contributed by atoms with Crippen molar-refractivity contribution in [3.8, 4) is 12.3 Å². The minimum atomic E-state index is -1.13. The summed E-state index contributed by atoms with van der Waals surface area (Å²) in [7, 11) is 0. The van der Waals surface area contributed by atoms with Gasteiger partial charge in [0, 0.05) is 17.8 Å². The van der Waals surface area contributed by atoms with Crippen LogP contribution in [0.25, 0.3) is 10.8 Å². The Morgan fingerprint density at radius 1 is 1.38 bits per heavy atom. The zero-order valence-corrected chi connectivity index (χ0v) is 11.1. The van der Waals surface area contributed by atoms with Crippen molar-refractivity contribution in [1.29, 1.82) is 0 Å². The molecule has 0 unspecified atom stereocenters. The third-order valence-corrected chi connectivity index (χ3v) is 2.82. The van der Waals surface area contributed by atoms with Gasteiger partial charge in [0.15, 0.2) is 0 Å². The molecule has 1 aromatic carbocycles. The Morgan fingerprint density at radius 2 is 2.19 bits per heavy atom. The van der Waals surface area contributed by atoms with Gasteiger partial charge in [-0.1, -0.05) is 18.1 Å². The number of carbonyl (C=O) groups excluding carboxylic acids is 1. The lowest BCUT2D eigenvalue weighted by molar-refractivity contribution is -0.137. The lowest BCUT2D eigenvalue weighted by Gasteiger charge is -2.19. The second kappa shape index (κ2) is 6.39. The first-order valence-electron chi connectivity index (χ1n) is 6.15. The van der Waals surface area contributed by atoms with E-state index in [4.69, 9.17) is 11.5 Å². The zero-order valence-electron chi connectivity index (χ0n) is 11.1. The molecule has 106 valence electrons. The van der Waals surface area contributed by atoms with Gasteiger partial charge in [-0.05, 0) is 17.5 Å². The van der Waals surface area contributed by atoms with Gasteiger partial charge < -0.3 is 15.3 Å². The number of aromatic nitrogens is 1. The first kappa shape index (κ1) is 14.3. The van der Waals surface area contributed by atoms with Gasteiger partial charge in [-0.25, -0.2) is 4.79 Å². The van der Waals surface area contributed by atoms with Crippen molar-refractivity contribution in [2.75, 3.05) is 18.4 Å². The number of hydrogen-bond acceptors (Lipinski definition) is 3. The summed E-state index contributed by atoms with van der Waals surface area (Å²) in [5.41, 5.74) is 0.554. The second-order valence-corrected chi connectivity index (χ2v) is 4.29. The predicted octanol–water partition coefficient (Wildman–Crippen LogP) is 1.79. The van der Waals surface area contributed by atoms with Gasteiger partial charge in [0.1, 0.15) is 6.54 Å². The third kappa shape index (κ3) is 3.48. The Kier molecular flexibility index (Phi) is 4.36. The average molecular weight is 283 g/mol. The van der Waals surface area contributed by atoms with Crippen molar-refractivity contribution >= 4 is 28.5 Å². The number of carboxylic acid groups (broad SMARTS) is 1. The van der Waals surface area contributed by atoms with E-state index in [0.29, 0.717) is 5.69 Å². The highest BCUT2D eigenvalue weighted by atomic mass is 16.4. The summed E-state index contributed by atoms with van der Waals surface area (Å²) < 4.78 is 0. The third-order valence-electron chi connectivity index (χ3n) is 2.82. The number of urea groups is 1. The number of fused-ring (bicyclic) bond motifs is 1. The first-order chi connectivity index (χ1) is 10.1. The second-order valence-electron chi connectivity index (χ2n) is 4.29. The molecule has 0 aliphatic carbocycles. The standard InChI is InChI=1S/C15H13N3O3/c1-2-8-18(10-14(19)20)15(21)17-13-5-3-4-11-6-7-16-9-12(11)13/h1,3-7,9H,8,10H2,(H,17,21)(H,19,20).